The first-order valence-electron chi connectivity index (χ1n) is 11.1. The van der Waals surface area contributed by atoms with E-state index in [2.05, 4.69) is 55.5 Å². The molecule has 1 aromatic rings. The van der Waals surface area contributed by atoms with Gasteiger partial charge in [0.05, 0.1) is 34.3 Å². The lowest BCUT2D eigenvalue weighted by Crippen LogP contribution is -2.39. The monoisotopic (exact) mass is 429 g/mol. The lowest BCUT2D eigenvalue weighted by atomic mass is 10.0. The average Bonchev–Trinajstić information content (AvgIpc) is 2.69. The van der Waals surface area contributed by atoms with Crippen LogP contribution in [0.1, 0.15) is 76.7 Å². The summed E-state index contributed by atoms with van der Waals surface area (Å²) in [4.78, 5) is 0. The molecule has 6 heteroatoms. The first-order valence-corrected chi connectivity index (χ1v) is 12.4. The molecule has 0 radical (unpaired) electrons. The van der Waals surface area contributed by atoms with Gasteiger partial charge < -0.3 is 9.04 Å². The van der Waals surface area contributed by atoms with Crippen LogP contribution in [-0.2, 0) is 21.0 Å². The summed E-state index contributed by atoms with van der Waals surface area (Å²) in [5.74, 6) is 0. The van der Waals surface area contributed by atoms with Gasteiger partial charge in [0.25, 0.3) is 0 Å². The van der Waals surface area contributed by atoms with E-state index in [0.717, 1.165) is 7.11 Å². The number of unbranched alkanes of at least 4 members (excludes halogenated alkanes) is 9. The van der Waals surface area contributed by atoms with Crippen LogP contribution in [0.15, 0.2) is 30.3 Å². The van der Waals surface area contributed by atoms with Gasteiger partial charge in [-0.25, -0.2) is 8.42 Å². The molecule has 1 aromatic carbocycles. The van der Waals surface area contributed by atoms with E-state index >= 15 is 0 Å². The van der Waals surface area contributed by atoms with Crippen molar-refractivity contribution in [3.05, 3.63) is 35.9 Å². The van der Waals surface area contributed by atoms with Crippen LogP contribution in [0, 0.1) is 0 Å². The van der Waals surface area contributed by atoms with Gasteiger partial charge in [0.1, 0.15) is 0 Å². The Labute approximate surface area is 180 Å². The summed E-state index contributed by atoms with van der Waals surface area (Å²) < 4.78 is 32.2. The Morgan fingerprint density at radius 3 is 1.66 bits per heavy atom. The van der Waals surface area contributed by atoms with Crippen LogP contribution >= 0.6 is 0 Å². The fourth-order valence-corrected chi connectivity index (χ4v) is 3.09. The smallest absolute Gasteiger partial charge is 0.217 e. The standard InChI is InChI=1S/C22H40N.CH4O4S/c1-4-23(2,3)21-17-12-10-8-6-5-7-9-11-14-18-22-19-15-13-16-20-22;1-5-6(2,3)4/h13,15-16,19-20H,4-12,14,17-18,21H2,1-3H3;1H3,(H,2,3,4)/q+1;/p-1. The third kappa shape index (κ3) is 20.1. The number of hydrogen-bond acceptors (Lipinski definition) is 4. The Bertz CT molecular complexity index is 588. The highest BCUT2D eigenvalue weighted by atomic mass is 32.3. The lowest BCUT2D eigenvalue weighted by molar-refractivity contribution is -0.888. The van der Waals surface area contributed by atoms with Gasteiger partial charge in [-0.1, -0.05) is 75.3 Å². The molecular formula is C23H43NO4S. The van der Waals surface area contributed by atoms with Crippen molar-refractivity contribution in [2.75, 3.05) is 34.3 Å². The molecule has 0 fully saturated rings. The zero-order chi connectivity index (χ0) is 22.0. The molecular weight excluding hydrogens is 386 g/mol. The Morgan fingerprint density at radius 1 is 0.828 bits per heavy atom. The fourth-order valence-electron chi connectivity index (χ4n) is 3.09. The summed E-state index contributed by atoms with van der Waals surface area (Å²) in [6, 6.07) is 10.9. The van der Waals surface area contributed by atoms with Crippen LogP contribution in [0.2, 0.25) is 0 Å². The predicted octanol–water partition coefficient (Wildman–Crippen LogP) is 5.32. The fraction of sp³-hybridized carbons (Fsp3) is 0.739. The highest BCUT2D eigenvalue weighted by Crippen LogP contribution is 2.13. The van der Waals surface area contributed by atoms with E-state index in [1.165, 1.54) is 93.8 Å². The van der Waals surface area contributed by atoms with Gasteiger partial charge in [-0.05, 0) is 38.2 Å². The Kier molecular flexibility index (Phi) is 16.3. The highest BCUT2D eigenvalue weighted by molar-refractivity contribution is 7.80. The predicted molar refractivity (Wildman–Crippen MR) is 121 cm³/mol. The normalized spacial score (nSPS) is 11.8. The minimum Gasteiger partial charge on any atom is -0.726 e. The topological polar surface area (TPSA) is 66.4 Å². The Hall–Kier alpha value is -0.950. The van der Waals surface area contributed by atoms with Crippen molar-refractivity contribution in [3.8, 4) is 0 Å². The molecule has 0 amide bonds. The van der Waals surface area contributed by atoms with Crippen LogP contribution in [0.25, 0.3) is 0 Å². The van der Waals surface area contributed by atoms with Crippen LogP contribution in [0.3, 0.4) is 0 Å². The third-order valence-electron chi connectivity index (χ3n) is 5.38. The van der Waals surface area contributed by atoms with Crippen molar-refractivity contribution in [3.63, 3.8) is 0 Å². The number of aryl methyl sites for hydroxylation is 1. The van der Waals surface area contributed by atoms with Crippen molar-refractivity contribution in [1.82, 2.24) is 0 Å². The van der Waals surface area contributed by atoms with Gasteiger partial charge in [-0.15, -0.1) is 0 Å². The average molecular weight is 430 g/mol. The number of nitrogens with zero attached hydrogens (tertiary/aromatic N) is 1. The van der Waals surface area contributed by atoms with Gasteiger partial charge >= 0.3 is 0 Å². The van der Waals surface area contributed by atoms with E-state index < -0.39 is 10.4 Å². The molecule has 1 rings (SSSR count). The van der Waals surface area contributed by atoms with Crippen LogP contribution in [0.5, 0.6) is 0 Å². The molecule has 0 aliphatic heterocycles. The molecule has 0 saturated carbocycles. The maximum absolute atomic E-state index is 9.22. The molecule has 5 nitrogen and oxygen atoms in total. The summed E-state index contributed by atoms with van der Waals surface area (Å²) in [5, 5.41) is 0. The maximum Gasteiger partial charge on any atom is 0.217 e. The SMILES string of the molecule is CC[N+](C)(C)CCCCCCCCCCCCc1ccccc1.COS(=O)(=O)[O-]. The van der Waals surface area contributed by atoms with Gasteiger partial charge in [-0.3, -0.25) is 4.18 Å². The van der Waals surface area contributed by atoms with Crippen molar-refractivity contribution < 1.29 is 21.6 Å². The van der Waals surface area contributed by atoms with Gasteiger partial charge in [-0.2, -0.15) is 0 Å². The molecule has 29 heavy (non-hydrogen) atoms. The van der Waals surface area contributed by atoms with Crippen LogP contribution in [-0.4, -0.2) is 51.7 Å². The van der Waals surface area contributed by atoms with E-state index in [0.29, 0.717) is 0 Å². The second-order valence-electron chi connectivity index (χ2n) is 8.32. The van der Waals surface area contributed by atoms with E-state index in [9.17, 15) is 13.0 Å². The number of quaternary nitrogens is 1. The minimum absolute atomic E-state index is 0.808. The molecule has 0 saturated heterocycles. The van der Waals surface area contributed by atoms with Crippen molar-refractivity contribution in [2.24, 2.45) is 0 Å². The van der Waals surface area contributed by atoms with Gasteiger partial charge in [0.2, 0.25) is 10.4 Å². The molecule has 0 aliphatic carbocycles. The largest absolute Gasteiger partial charge is 0.726 e. The Morgan fingerprint density at radius 2 is 1.24 bits per heavy atom. The molecule has 0 unspecified atom stereocenters. The first-order chi connectivity index (χ1) is 13.7. The van der Waals surface area contributed by atoms with Crippen molar-refractivity contribution in [1.29, 1.82) is 0 Å². The highest BCUT2D eigenvalue weighted by Gasteiger charge is 2.09. The molecule has 0 N–H and O–H groups in total. The quantitative estimate of drug-likeness (QED) is 0.164. The lowest BCUT2D eigenvalue weighted by Gasteiger charge is -2.28. The van der Waals surface area contributed by atoms with E-state index in [-0.39, 0.29) is 0 Å². The summed E-state index contributed by atoms with van der Waals surface area (Å²) >= 11 is 0. The van der Waals surface area contributed by atoms with Gasteiger partial charge in [0, 0.05) is 0 Å². The summed E-state index contributed by atoms with van der Waals surface area (Å²) in [6.07, 6.45) is 15.5. The Balaban J connectivity index is 0.00000113. The summed E-state index contributed by atoms with van der Waals surface area (Å²) in [5.41, 5.74) is 1.50. The van der Waals surface area contributed by atoms with E-state index in [4.69, 9.17) is 0 Å². The van der Waals surface area contributed by atoms with Crippen molar-refractivity contribution >= 4 is 10.4 Å². The third-order valence-corrected chi connectivity index (χ3v) is 5.79. The molecule has 0 bridgehead atoms. The number of benzene rings is 1. The number of rotatable bonds is 15. The van der Waals surface area contributed by atoms with E-state index in [1.54, 1.807) is 0 Å². The van der Waals surface area contributed by atoms with E-state index in [1.807, 2.05) is 0 Å². The molecule has 0 heterocycles. The zero-order valence-corrected chi connectivity index (χ0v) is 19.9. The van der Waals surface area contributed by atoms with Gasteiger partial charge in [0.15, 0.2) is 0 Å². The summed E-state index contributed by atoms with van der Waals surface area (Å²) in [6.45, 7) is 4.89. The molecule has 0 aliphatic rings. The molecule has 0 aromatic heterocycles. The zero-order valence-electron chi connectivity index (χ0n) is 19.1. The van der Waals surface area contributed by atoms with Crippen molar-refractivity contribution in [2.45, 2.75) is 77.6 Å². The molecule has 170 valence electrons. The second-order valence-corrected chi connectivity index (χ2v) is 9.47. The molecule has 0 atom stereocenters. The van der Waals surface area contributed by atoms with Crippen LogP contribution < -0.4 is 0 Å². The number of hydrogen-bond donors (Lipinski definition) is 0. The minimum atomic E-state index is -4.41. The first kappa shape index (κ1) is 28.1. The molecule has 0 spiro atoms. The summed E-state index contributed by atoms with van der Waals surface area (Å²) in [7, 11) is 1.09. The second kappa shape index (κ2) is 16.8. The van der Waals surface area contributed by atoms with Crippen LogP contribution in [0.4, 0.5) is 0 Å². The maximum atomic E-state index is 9.22.